The zero-order valence-electron chi connectivity index (χ0n) is 14.3. The van der Waals surface area contributed by atoms with Crippen LogP contribution in [0.25, 0.3) is 11.4 Å². The lowest BCUT2D eigenvalue weighted by molar-refractivity contribution is 0.0665. The van der Waals surface area contributed by atoms with Crippen molar-refractivity contribution in [3.05, 3.63) is 66.2 Å². The number of carbonyl (C=O) groups is 1. The molecule has 2 unspecified atom stereocenters. The molecule has 1 saturated heterocycles. The average Bonchev–Trinajstić information content (AvgIpc) is 3.22. The average molecular weight is 345 g/mol. The highest BCUT2D eigenvalue weighted by atomic mass is 16.2. The van der Waals surface area contributed by atoms with Crippen molar-refractivity contribution in [2.45, 2.75) is 37.9 Å². The number of rotatable bonds is 2. The summed E-state index contributed by atoms with van der Waals surface area (Å²) in [7, 11) is 0. The van der Waals surface area contributed by atoms with Crippen molar-refractivity contribution in [3.8, 4) is 11.4 Å². The van der Waals surface area contributed by atoms with Crippen LogP contribution >= 0.6 is 0 Å². The fourth-order valence-corrected chi connectivity index (χ4v) is 4.21. The molecule has 2 aromatic heterocycles. The molecule has 2 bridgehead atoms. The number of amides is 1. The molecule has 1 fully saturated rings. The Morgan fingerprint density at radius 3 is 2.65 bits per heavy atom. The molecule has 6 heteroatoms. The largest absolute Gasteiger partial charge is 0.330 e. The van der Waals surface area contributed by atoms with Gasteiger partial charge in [0.05, 0.1) is 11.6 Å². The van der Waals surface area contributed by atoms with E-state index in [-0.39, 0.29) is 18.0 Å². The number of carbonyl (C=O) groups excluding carboxylic acids is 1. The highest BCUT2D eigenvalue weighted by Crippen LogP contribution is 2.34. The maximum Gasteiger partial charge on any atom is 0.255 e. The van der Waals surface area contributed by atoms with E-state index in [1.807, 2.05) is 30.3 Å². The van der Waals surface area contributed by atoms with Crippen LogP contribution in [0, 0.1) is 0 Å². The van der Waals surface area contributed by atoms with Crippen LogP contribution < -0.4 is 0 Å². The van der Waals surface area contributed by atoms with Gasteiger partial charge in [-0.05, 0) is 25.0 Å². The van der Waals surface area contributed by atoms with Crippen LogP contribution in [0.2, 0.25) is 0 Å². The van der Waals surface area contributed by atoms with Gasteiger partial charge in [-0.15, -0.1) is 10.2 Å². The predicted octanol–water partition coefficient (Wildman–Crippen LogP) is 2.57. The Bertz CT molecular complexity index is 937. The Kier molecular flexibility index (Phi) is 3.55. The zero-order valence-corrected chi connectivity index (χ0v) is 14.3. The molecule has 0 saturated carbocycles. The third-order valence-electron chi connectivity index (χ3n) is 5.43. The normalized spacial score (nSPS) is 21.3. The monoisotopic (exact) mass is 345 g/mol. The van der Waals surface area contributed by atoms with Crippen molar-refractivity contribution in [2.75, 3.05) is 0 Å². The lowest BCUT2D eigenvalue weighted by Crippen LogP contribution is -2.42. The first-order valence-corrected chi connectivity index (χ1v) is 9.01. The van der Waals surface area contributed by atoms with Crippen LogP contribution in [0.1, 0.15) is 29.0 Å². The minimum absolute atomic E-state index is 0.0746. The van der Waals surface area contributed by atoms with Gasteiger partial charge in [-0.25, -0.2) is 0 Å². The molecule has 3 aromatic rings. The third-order valence-corrected chi connectivity index (χ3v) is 5.43. The molecule has 130 valence electrons. The number of hydrogen-bond acceptors (Lipinski definition) is 4. The predicted molar refractivity (Wildman–Crippen MR) is 96.4 cm³/mol. The van der Waals surface area contributed by atoms with Gasteiger partial charge < -0.3 is 9.47 Å². The number of hydrogen-bond donors (Lipinski definition) is 0. The molecule has 0 spiro atoms. The maximum absolute atomic E-state index is 13.1. The SMILES string of the molecule is O=C(c1cccnc1)N1C2CCC1Cn1c(nnc1-c1ccccc1)C2. The van der Waals surface area contributed by atoms with E-state index >= 15 is 0 Å². The first kappa shape index (κ1) is 15.3. The Balaban J connectivity index is 1.50. The molecule has 0 radical (unpaired) electrons. The van der Waals surface area contributed by atoms with Gasteiger partial charge in [0.2, 0.25) is 0 Å². The first-order valence-electron chi connectivity index (χ1n) is 9.01. The summed E-state index contributed by atoms with van der Waals surface area (Å²) in [5.74, 6) is 1.94. The van der Waals surface area contributed by atoms with E-state index in [0.717, 1.165) is 43.0 Å². The standard InChI is InChI=1S/C20H19N5O/c26-20(15-7-4-10-21-12-15)25-16-8-9-17(25)13-24-18(11-16)22-23-19(24)14-5-2-1-3-6-14/h1-7,10,12,16-17H,8-9,11,13H2. The zero-order chi connectivity index (χ0) is 17.5. The van der Waals surface area contributed by atoms with Crippen LogP contribution in [0.15, 0.2) is 54.9 Å². The summed E-state index contributed by atoms with van der Waals surface area (Å²) >= 11 is 0. The van der Waals surface area contributed by atoms with E-state index in [2.05, 4.69) is 36.8 Å². The highest BCUT2D eigenvalue weighted by molar-refractivity contribution is 5.94. The van der Waals surface area contributed by atoms with Crippen LogP contribution in [-0.4, -0.2) is 42.6 Å². The van der Waals surface area contributed by atoms with Gasteiger partial charge in [0, 0.05) is 37.0 Å². The Morgan fingerprint density at radius 1 is 1.00 bits per heavy atom. The number of nitrogens with zero attached hydrogens (tertiary/aromatic N) is 5. The maximum atomic E-state index is 13.1. The van der Waals surface area contributed by atoms with Gasteiger partial charge in [-0.2, -0.15) is 0 Å². The minimum Gasteiger partial charge on any atom is -0.330 e. The van der Waals surface area contributed by atoms with E-state index in [1.165, 1.54) is 0 Å². The van der Waals surface area contributed by atoms with Gasteiger partial charge in [0.1, 0.15) is 5.82 Å². The molecular formula is C20H19N5O. The van der Waals surface area contributed by atoms with Gasteiger partial charge in [-0.1, -0.05) is 30.3 Å². The van der Waals surface area contributed by atoms with E-state index < -0.39 is 0 Å². The summed E-state index contributed by atoms with van der Waals surface area (Å²) in [6, 6.07) is 14.1. The van der Waals surface area contributed by atoms with Gasteiger partial charge in [0.15, 0.2) is 5.82 Å². The number of aromatic nitrogens is 4. The molecule has 2 aliphatic heterocycles. The second kappa shape index (κ2) is 6.05. The number of benzene rings is 1. The summed E-state index contributed by atoms with van der Waals surface area (Å²) in [6.45, 7) is 0.745. The molecule has 0 N–H and O–H groups in total. The van der Waals surface area contributed by atoms with Gasteiger partial charge in [0.25, 0.3) is 5.91 Å². The lowest BCUT2D eigenvalue weighted by Gasteiger charge is -2.28. The van der Waals surface area contributed by atoms with Crippen molar-refractivity contribution in [3.63, 3.8) is 0 Å². The van der Waals surface area contributed by atoms with E-state index in [1.54, 1.807) is 12.4 Å². The molecule has 6 nitrogen and oxygen atoms in total. The third kappa shape index (κ3) is 2.41. The molecular weight excluding hydrogens is 326 g/mol. The second-order valence-electron chi connectivity index (χ2n) is 6.96. The van der Waals surface area contributed by atoms with Crippen molar-refractivity contribution in [1.82, 2.24) is 24.6 Å². The second-order valence-corrected chi connectivity index (χ2v) is 6.96. The molecule has 1 amide bonds. The summed E-state index contributed by atoms with van der Waals surface area (Å²) in [4.78, 5) is 19.2. The smallest absolute Gasteiger partial charge is 0.255 e. The van der Waals surface area contributed by atoms with Gasteiger partial charge in [-0.3, -0.25) is 9.78 Å². The Labute approximate surface area is 151 Å². The molecule has 1 aromatic carbocycles. The van der Waals surface area contributed by atoms with Crippen molar-refractivity contribution >= 4 is 5.91 Å². The molecule has 4 heterocycles. The van der Waals surface area contributed by atoms with Crippen molar-refractivity contribution < 1.29 is 4.79 Å². The Hall–Kier alpha value is -3.02. The van der Waals surface area contributed by atoms with Crippen molar-refractivity contribution in [1.29, 1.82) is 0 Å². The number of pyridine rings is 1. The quantitative estimate of drug-likeness (QED) is 0.716. The summed E-state index contributed by atoms with van der Waals surface area (Å²) in [6.07, 6.45) is 6.14. The summed E-state index contributed by atoms with van der Waals surface area (Å²) in [5, 5.41) is 8.87. The van der Waals surface area contributed by atoms with Crippen LogP contribution in [0.5, 0.6) is 0 Å². The van der Waals surface area contributed by atoms with Crippen LogP contribution in [-0.2, 0) is 13.0 Å². The molecule has 0 aliphatic carbocycles. The summed E-state index contributed by atoms with van der Waals surface area (Å²) < 4.78 is 2.20. The first-order chi connectivity index (χ1) is 12.8. The van der Waals surface area contributed by atoms with Crippen LogP contribution in [0.3, 0.4) is 0 Å². The van der Waals surface area contributed by atoms with Crippen molar-refractivity contribution in [2.24, 2.45) is 0 Å². The lowest BCUT2D eigenvalue weighted by atomic mass is 10.1. The highest BCUT2D eigenvalue weighted by Gasteiger charge is 2.41. The Morgan fingerprint density at radius 2 is 1.85 bits per heavy atom. The van der Waals surface area contributed by atoms with E-state index in [0.29, 0.717) is 5.56 Å². The van der Waals surface area contributed by atoms with E-state index in [4.69, 9.17) is 0 Å². The fourth-order valence-electron chi connectivity index (χ4n) is 4.21. The van der Waals surface area contributed by atoms with E-state index in [9.17, 15) is 4.79 Å². The molecule has 2 atom stereocenters. The number of fused-ring (bicyclic) bond motifs is 3. The molecule has 5 rings (SSSR count). The minimum atomic E-state index is 0.0746. The fraction of sp³-hybridized carbons (Fsp3) is 0.300. The van der Waals surface area contributed by atoms with Gasteiger partial charge >= 0.3 is 0 Å². The molecule has 2 aliphatic rings. The molecule has 26 heavy (non-hydrogen) atoms. The van der Waals surface area contributed by atoms with Crippen LogP contribution in [0.4, 0.5) is 0 Å². The summed E-state index contributed by atoms with van der Waals surface area (Å²) in [5.41, 5.74) is 1.72. The topological polar surface area (TPSA) is 63.9 Å².